The van der Waals surface area contributed by atoms with Crippen molar-refractivity contribution < 1.29 is 9.50 Å². The summed E-state index contributed by atoms with van der Waals surface area (Å²) in [4.78, 5) is 0. The van der Waals surface area contributed by atoms with Crippen molar-refractivity contribution in [3.05, 3.63) is 35.1 Å². The third-order valence-corrected chi connectivity index (χ3v) is 3.57. The van der Waals surface area contributed by atoms with Crippen LogP contribution >= 0.6 is 0 Å². The van der Waals surface area contributed by atoms with Crippen molar-refractivity contribution in [3.63, 3.8) is 0 Å². The Morgan fingerprint density at radius 3 is 2.62 bits per heavy atom. The molecule has 2 rings (SSSR count). The van der Waals surface area contributed by atoms with Gasteiger partial charge in [-0.15, -0.1) is 0 Å². The minimum Gasteiger partial charge on any atom is -0.388 e. The molecule has 1 aromatic rings. The van der Waals surface area contributed by atoms with Gasteiger partial charge in [-0.3, -0.25) is 0 Å². The van der Waals surface area contributed by atoms with Gasteiger partial charge >= 0.3 is 0 Å². The van der Waals surface area contributed by atoms with E-state index in [1.165, 1.54) is 12.5 Å². The summed E-state index contributed by atoms with van der Waals surface area (Å²) in [5.74, 6) is -0.0336. The zero-order valence-electron chi connectivity index (χ0n) is 9.75. The summed E-state index contributed by atoms with van der Waals surface area (Å²) in [6.45, 7) is 1.93. The van der Waals surface area contributed by atoms with Gasteiger partial charge in [-0.25, -0.2) is 4.39 Å². The number of rotatable bonds is 2. The molecule has 0 radical (unpaired) electrons. The highest BCUT2D eigenvalue weighted by Crippen LogP contribution is 2.35. The summed E-state index contributed by atoms with van der Waals surface area (Å²) in [6.07, 6.45) is 4.99. The van der Waals surface area contributed by atoms with Crippen LogP contribution in [0.15, 0.2) is 18.2 Å². The predicted molar refractivity (Wildman–Crippen MR) is 62.7 cm³/mol. The lowest BCUT2D eigenvalue weighted by molar-refractivity contribution is 0.0816. The van der Waals surface area contributed by atoms with Gasteiger partial charge in [0.05, 0.1) is 6.10 Å². The fraction of sp³-hybridized carbons (Fsp3) is 0.571. The van der Waals surface area contributed by atoms with Crippen LogP contribution in [0.25, 0.3) is 0 Å². The van der Waals surface area contributed by atoms with Gasteiger partial charge in [-0.1, -0.05) is 37.0 Å². The van der Waals surface area contributed by atoms with Gasteiger partial charge < -0.3 is 5.11 Å². The van der Waals surface area contributed by atoms with E-state index in [-0.39, 0.29) is 11.7 Å². The maximum absolute atomic E-state index is 13.6. The monoisotopic (exact) mass is 222 g/mol. The number of aliphatic hydroxyl groups excluding tert-OH is 1. The Labute approximate surface area is 96.3 Å². The van der Waals surface area contributed by atoms with E-state index in [0.717, 1.165) is 31.2 Å². The topological polar surface area (TPSA) is 20.2 Å². The minimum atomic E-state index is -0.625. The summed E-state index contributed by atoms with van der Waals surface area (Å²) in [5.41, 5.74) is 1.48. The van der Waals surface area contributed by atoms with E-state index in [1.807, 2.05) is 6.92 Å². The van der Waals surface area contributed by atoms with E-state index in [4.69, 9.17) is 0 Å². The van der Waals surface area contributed by atoms with E-state index in [2.05, 4.69) is 0 Å². The summed E-state index contributed by atoms with van der Waals surface area (Å²) < 4.78 is 13.6. The van der Waals surface area contributed by atoms with Gasteiger partial charge in [0, 0.05) is 5.56 Å². The molecule has 0 heterocycles. The molecule has 1 atom stereocenters. The maximum atomic E-state index is 13.6. The molecule has 1 aliphatic rings. The van der Waals surface area contributed by atoms with Gasteiger partial charge in [0.15, 0.2) is 0 Å². The molecule has 1 nitrogen and oxygen atoms in total. The molecular weight excluding hydrogens is 203 g/mol. The van der Waals surface area contributed by atoms with Crippen LogP contribution in [0.5, 0.6) is 0 Å². The number of aryl methyl sites for hydroxylation is 1. The molecular formula is C14H19FO. The number of halogens is 1. The van der Waals surface area contributed by atoms with Crippen LogP contribution < -0.4 is 0 Å². The normalized spacial score (nSPS) is 19.7. The van der Waals surface area contributed by atoms with E-state index >= 15 is 0 Å². The van der Waals surface area contributed by atoms with Crippen molar-refractivity contribution in [2.24, 2.45) is 5.92 Å². The third-order valence-electron chi connectivity index (χ3n) is 3.57. The van der Waals surface area contributed by atoms with Crippen LogP contribution in [-0.2, 0) is 0 Å². The molecule has 0 bridgehead atoms. The van der Waals surface area contributed by atoms with Crippen LogP contribution in [0.3, 0.4) is 0 Å². The van der Waals surface area contributed by atoms with Crippen molar-refractivity contribution >= 4 is 0 Å². The lowest BCUT2D eigenvalue weighted by atomic mass is 9.82. The molecule has 2 heteroatoms. The number of hydrogen-bond donors (Lipinski definition) is 1. The van der Waals surface area contributed by atoms with E-state index < -0.39 is 6.10 Å². The highest BCUT2D eigenvalue weighted by atomic mass is 19.1. The molecule has 1 fully saturated rings. The molecule has 0 spiro atoms. The average molecular weight is 222 g/mol. The van der Waals surface area contributed by atoms with Crippen LogP contribution in [0.4, 0.5) is 4.39 Å². The Balaban J connectivity index is 2.18. The molecule has 0 aromatic heterocycles. The summed E-state index contributed by atoms with van der Waals surface area (Å²) >= 11 is 0. The summed E-state index contributed by atoms with van der Waals surface area (Å²) in [6, 6.07) is 4.97. The number of hydrogen-bond acceptors (Lipinski definition) is 1. The molecule has 1 aromatic carbocycles. The van der Waals surface area contributed by atoms with Crippen molar-refractivity contribution in [2.75, 3.05) is 0 Å². The van der Waals surface area contributed by atoms with Crippen molar-refractivity contribution in [2.45, 2.75) is 45.1 Å². The highest BCUT2D eigenvalue weighted by molar-refractivity contribution is 5.26. The van der Waals surface area contributed by atoms with Crippen molar-refractivity contribution in [1.82, 2.24) is 0 Å². The Hall–Kier alpha value is -0.890. The standard InChI is InChI=1S/C14H19FO/c1-10-7-8-13(15)12(9-10)14(16)11-5-3-2-4-6-11/h7-9,11,14,16H,2-6H2,1H3. The second-order valence-electron chi connectivity index (χ2n) is 4.87. The SMILES string of the molecule is Cc1ccc(F)c(C(O)C2CCCCC2)c1. The molecule has 0 aliphatic heterocycles. The molecule has 16 heavy (non-hydrogen) atoms. The third kappa shape index (κ3) is 2.43. The highest BCUT2D eigenvalue weighted by Gasteiger charge is 2.25. The van der Waals surface area contributed by atoms with Crippen molar-refractivity contribution in [3.8, 4) is 0 Å². The zero-order valence-corrected chi connectivity index (χ0v) is 9.75. The van der Waals surface area contributed by atoms with E-state index in [1.54, 1.807) is 12.1 Å². The second-order valence-corrected chi connectivity index (χ2v) is 4.87. The van der Waals surface area contributed by atoms with Crippen molar-refractivity contribution in [1.29, 1.82) is 0 Å². The molecule has 1 saturated carbocycles. The first-order chi connectivity index (χ1) is 7.68. The Kier molecular flexibility index (Phi) is 3.59. The van der Waals surface area contributed by atoms with Crippen LogP contribution in [0.2, 0.25) is 0 Å². The van der Waals surface area contributed by atoms with Gasteiger partial charge in [-0.05, 0) is 31.7 Å². The first-order valence-corrected chi connectivity index (χ1v) is 6.12. The first-order valence-electron chi connectivity index (χ1n) is 6.12. The van der Waals surface area contributed by atoms with Gasteiger partial charge in [0.2, 0.25) is 0 Å². The molecule has 0 amide bonds. The molecule has 1 unspecified atom stereocenters. The van der Waals surface area contributed by atoms with Gasteiger partial charge in [0.25, 0.3) is 0 Å². The fourth-order valence-electron chi connectivity index (χ4n) is 2.59. The largest absolute Gasteiger partial charge is 0.388 e. The molecule has 1 aliphatic carbocycles. The van der Waals surface area contributed by atoms with Crippen LogP contribution in [0, 0.1) is 18.7 Å². The van der Waals surface area contributed by atoms with Gasteiger partial charge in [-0.2, -0.15) is 0 Å². The summed E-state index contributed by atoms with van der Waals surface area (Å²) in [7, 11) is 0. The van der Waals surface area contributed by atoms with Crippen LogP contribution in [0.1, 0.15) is 49.3 Å². The number of benzene rings is 1. The fourth-order valence-corrected chi connectivity index (χ4v) is 2.59. The lowest BCUT2D eigenvalue weighted by Gasteiger charge is -2.27. The Bertz CT molecular complexity index is 356. The van der Waals surface area contributed by atoms with Gasteiger partial charge in [0.1, 0.15) is 5.82 Å². The number of aliphatic hydroxyl groups is 1. The quantitative estimate of drug-likeness (QED) is 0.808. The average Bonchev–Trinajstić information content (AvgIpc) is 2.32. The molecule has 1 N–H and O–H groups in total. The zero-order chi connectivity index (χ0) is 11.5. The second kappa shape index (κ2) is 4.96. The smallest absolute Gasteiger partial charge is 0.129 e. The molecule has 0 saturated heterocycles. The first kappa shape index (κ1) is 11.6. The minimum absolute atomic E-state index is 0.241. The Morgan fingerprint density at radius 1 is 1.25 bits per heavy atom. The van der Waals surface area contributed by atoms with E-state index in [0.29, 0.717) is 5.56 Å². The van der Waals surface area contributed by atoms with Crippen LogP contribution in [-0.4, -0.2) is 5.11 Å². The molecule has 88 valence electrons. The summed E-state index contributed by atoms with van der Waals surface area (Å²) in [5, 5.41) is 10.2. The maximum Gasteiger partial charge on any atom is 0.129 e. The van der Waals surface area contributed by atoms with E-state index in [9.17, 15) is 9.50 Å². The lowest BCUT2D eigenvalue weighted by Crippen LogP contribution is -2.17. The Morgan fingerprint density at radius 2 is 1.94 bits per heavy atom. The predicted octanol–water partition coefficient (Wildman–Crippen LogP) is 3.75.